The summed E-state index contributed by atoms with van der Waals surface area (Å²) in [4.78, 5) is 5.19. The summed E-state index contributed by atoms with van der Waals surface area (Å²) in [7, 11) is 1.19. The van der Waals surface area contributed by atoms with Crippen LogP contribution in [0.1, 0.15) is 6.92 Å². The second-order valence-electron chi connectivity index (χ2n) is 3.01. The summed E-state index contributed by atoms with van der Waals surface area (Å²) >= 11 is 4.03. The molecule has 1 rings (SSSR count). The van der Waals surface area contributed by atoms with Gasteiger partial charge in [0.2, 0.25) is 0 Å². The van der Waals surface area contributed by atoms with Gasteiger partial charge in [0, 0.05) is 19.6 Å². The molecule has 0 aliphatic carbocycles. The van der Waals surface area contributed by atoms with Gasteiger partial charge < -0.3 is 15.5 Å². The molecule has 0 saturated carbocycles. The summed E-state index contributed by atoms with van der Waals surface area (Å²) < 4.78 is 0. The van der Waals surface area contributed by atoms with Crippen molar-refractivity contribution in [2.45, 2.75) is 13.0 Å². The van der Waals surface area contributed by atoms with E-state index in [1.54, 1.807) is 6.92 Å². The van der Waals surface area contributed by atoms with E-state index in [-0.39, 0.29) is 0 Å². The number of rotatable bonds is 3. The first-order chi connectivity index (χ1) is 7.36. The predicted octanol–water partition coefficient (Wildman–Crippen LogP) is 0.479. The molecule has 2 N–H and O–H groups in total. The molecule has 0 amide bonds. The molecule has 0 aromatic rings. The van der Waals surface area contributed by atoms with Crippen LogP contribution in [-0.2, 0) is 4.84 Å². The molecule has 0 unspecified atom stereocenters. The van der Waals surface area contributed by atoms with Crippen molar-refractivity contribution in [3.63, 3.8) is 0 Å². The number of thiol groups is 1. The molecule has 1 saturated heterocycles. The molecule has 0 aromatic heterocycles. The molecule has 1 atom stereocenters. The quantitative estimate of drug-likeness (QED) is 0.169. The normalized spacial score (nSPS) is 21.7. The third-order valence-electron chi connectivity index (χ3n) is 1.87. The second-order valence-corrected chi connectivity index (χ2v) is 4.13. The van der Waals surface area contributed by atoms with Gasteiger partial charge in [-0.2, -0.15) is 0 Å². The highest BCUT2D eigenvalue weighted by Crippen LogP contribution is 2.08. The minimum Gasteiger partial charge on any atom is -0.393 e. The van der Waals surface area contributed by atoms with Crippen molar-refractivity contribution in [1.82, 2.24) is 10.6 Å². The lowest BCUT2D eigenvalue weighted by molar-refractivity contribution is 0.115. The Morgan fingerprint density at radius 1 is 1.67 bits per heavy atom. The van der Waals surface area contributed by atoms with E-state index < -0.39 is 0 Å². The topological polar surface area (TPSA) is 45.6 Å². The molecule has 0 spiro atoms. The maximum atomic E-state index is 5.19. The monoisotopic (exact) mass is 245 g/mol. The van der Waals surface area contributed by atoms with Gasteiger partial charge in [-0.25, -0.2) is 0 Å². The molecule has 84 valence electrons. The van der Waals surface area contributed by atoms with E-state index in [9.17, 15) is 0 Å². The SMILES string of the molecule is CC#C/C(=N\OC[C@H]1CNCCN1)SS. The Bertz CT molecular complexity index is 266. The Kier molecular flexibility index (Phi) is 6.68. The van der Waals surface area contributed by atoms with Crippen LogP contribution in [0.2, 0.25) is 0 Å². The van der Waals surface area contributed by atoms with Crippen LogP contribution in [0.25, 0.3) is 0 Å². The minimum atomic E-state index is 0.322. The molecule has 1 aliphatic rings. The van der Waals surface area contributed by atoms with Gasteiger partial charge in [-0.3, -0.25) is 0 Å². The highest BCUT2D eigenvalue weighted by molar-refractivity contribution is 8.75. The third-order valence-corrected chi connectivity index (χ3v) is 2.74. The zero-order valence-electron chi connectivity index (χ0n) is 8.62. The number of oxime groups is 1. The molecule has 15 heavy (non-hydrogen) atoms. The minimum absolute atomic E-state index is 0.322. The molecule has 4 nitrogen and oxygen atoms in total. The summed E-state index contributed by atoms with van der Waals surface area (Å²) in [6, 6.07) is 0.322. The smallest absolute Gasteiger partial charge is 0.196 e. The lowest BCUT2D eigenvalue weighted by atomic mass is 10.2. The average molecular weight is 245 g/mol. The van der Waals surface area contributed by atoms with Crippen molar-refractivity contribution in [3.8, 4) is 11.8 Å². The van der Waals surface area contributed by atoms with Crippen LogP contribution in [-0.4, -0.2) is 37.3 Å². The Hall–Kier alpha value is -0.350. The highest BCUT2D eigenvalue weighted by Gasteiger charge is 2.11. The Labute approximate surface area is 99.4 Å². The lowest BCUT2D eigenvalue weighted by Crippen LogP contribution is -2.50. The number of nitrogens with one attached hydrogen (secondary N) is 2. The van der Waals surface area contributed by atoms with Crippen molar-refractivity contribution in [1.29, 1.82) is 0 Å². The van der Waals surface area contributed by atoms with E-state index in [1.807, 2.05) is 0 Å². The van der Waals surface area contributed by atoms with Crippen LogP contribution in [0.5, 0.6) is 0 Å². The van der Waals surface area contributed by atoms with E-state index >= 15 is 0 Å². The summed E-state index contributed by atoms with van der Waals surface area (Å²) in [5, 5.41) is 11.1. The van der Waals surface area contributed by atoms with Gasteiger partial charge in [0.1, 0.15) is 6.61 Å². The first-order valence-electron chi connectivity index (χ1n) is 4.75. The summed E-state index contributed by atoms with van der Waals surface area (Å²) in [5.41, 5.74) is 0. The lowest BCUT2D eigenvalue weighted by Gasteiger charge is -2.22. The number of piperazine rings is 1. The number of hydrogen-bond acceptors (Lipinski definition) is 6. The predicted molar refractivity (Wildman–Crippen MR) is 68.1 cm³/mol. The number of hydrogen-bond donors (Lipinski definition) is 3. The van der Waals surface area contributed by atoms with Gasteiger partial charge >= 0.3 is 0 Å². The largest absolute Gasteiger partial charge is 0.393 e. The van der Waals surface area contributed by atoms with Crippen LogP contribution in [0.4, 0.5) is 0 Å². The molecule has 0 radical (unpaired) electrons. The van der Waals surface area contributed by atoms with E-state index in [2.05, 4.69) is 39.3 Å². The van der Waals surface area contributed by atoms with Crippen molar-refractivity contribution >= 4 is 27.5 Å². The van der Waals surface area contributed by atoms with Crippen molar-refractivity contribution in [2.75, 3.05) is 26.2 Å². The van der Waals surface area contributed by atoms with Crippen LogP contribution >= 0.6 is 22.5 Å². The van der Waals surface area contributed by atoms with Crippen molar-refractivity contribution in [2.24, 2.45) is 5.16 Å². The van der Waals surface area contributed by atoms with Gasteiger partial charge in [0.05, 0.1) is 6.04 Å². The third kappa shape index (κ3) is 5.33. The van der Waals surface area contributed by atoms with Crippen LogP contribution in [0, 0.1) is 11.8 Å². The molecule has 1 heterocycles. The van der Waals surface area contributed by atoms with E-state index in [4.69, 9.17) is 4.84 Å². The summed E-state index contributed by atoms with van der Waals surface area (Å²) in [6.07, 6.45) is 0. The summed E-state index contributed by atoms with van der Waals surface area (Å²) in [6.45, 7) is 5.21. The fraction of sp³-hybridized carbons (Fsp3) is 0.667. The molecular weight excluding hydrogens is 230 g/mol. The first kappa shape index (κ1) is 12.7. The van der Waals surface area contributed by atoms with E-state index in [0.29, 0.717) is 17.7 Å². The molecular formula is C9H15N3OS2. The number of nitrogens with zero attached hydrogens (tertiary/aromatic N) is 1. The van der Waals surface area contributed by atoms with Gasteiger partial charge in [-0.05, 0) is 23.6 Å². The maximum Gasteiger partial charge on any atom is 0.196 e. The summed E-state index contributed by atoms with van der Waals surface area (Å²) in [5.74, 6) is 5.54. The molecule has 6 heteroatoms. The standard InChI is InChI=1S/C9H15N3OS2/c1-2-3-9(15-14)12-13-7-8-6-10-4-5-11-8/h8,10-11,14H,4-7H2,1H3/b12-9+/t8-/m1/s1. The van der Waals surface area contributed by atoms with Gasteiger partial charge in [-0.15, -0.1) is 11.7 Å². The molecule has 0 aromatic carbocycles. The van der Waals surface area contributed by atoms with Gasteiger partial charge in [0.15, 0.2) is 5.04 Å². The molecule has 0 bridgehead atoms. The van der Waals surface area contributed by atoms with Crippen LogP contribution in [0.15, 0.2) is 5.16 Å². The second kappa shape index (κ2) is 7.88. The van der Waals surface area contributed by atoms with E-state index in [0.717, 1.165) is 19.6 Å². The first-order valence-corrected chi connectivity index (χ1v) is 6.62. The van der Waals surface area contributed by atoms with Crippen LogP contribution < -0.4 is 10.6 Å². The Morgan fingerprint density at radius 2 is 2.53 bits per heavy atom. The zero-order valence-corrected chi connectivity index (χ0v) is 10.3. The average Bonchev–Trinajstić information content (AvgIpc) is 2.29. The van der Waals surface area contributed by atoms with Gasteiger partial charge in [-0.1, -0.05) is 11.1 Å². The Morgan fingerprint density at radius 3 is 3.13 bits per heavy atom. The van der Waals surface area contributed by atoms with E-state index in [1.165, 1.54) is 10.8 Å². The van der Waals surface area contributed by atoms with Crippen molar-refractivity contribution in [3.05, 3.63) is 0 Å². The van der Waals surface area contributed by atoms with Crippen LogP contribution in [0.3, 0.4) is 0 Å². The highest BCUT2D eigenvalue weighted by atomic mass is 33.1. The van der Waals surface area contributed by atoms with Crippen molar-refractivity contribution < 1.29 is 4.84 Å². The maximum absolute atomic E-state index is 5.19. The Balaban J connectivity index is 2.25. The fourth-order valence-electron chi connectivity index (χ4n) is 1.19. The molecule has 1 fully saturated rings. The zero-order chi connectivity index (χ0) is 10.9. The van der Waals surface area contributed by atoms with Gasteiger partial charge in [0.25, 0.3) is 0 Å². The molecule has 1 aliphatic heterocycles. The fourth-order valence-corrected chi connectivity index (χ4v) is 1.66.